The minimum Gasteiger partial charge on any atom is -0.392 e. The second-order valence-corrected chi connectivity index (χ2v) is 3.98. The lowest BCUT2D eigenvalue weighted by Gasteiger charge is -2.06. The highest BCUT2D eigenvalue weighted by Crippen LogP contribution is 2.22. The van der Waals surface area contributed by atoms with E-state index in [-0.39, 0.29) is 6.61 Å². The minimum atomic E-state index is 0.0890. The van der Waals surface area contributed by atoms with Crippen LogP contribution in [0.3, 0.4) is 0 Å². The first kappa shape index (κ1) is 12.4. The van der Waals surface area contributed by atoms with Gasteiger partial charge in [-0.3, -0.25) is 0 Å². The van der Waals surface area contributed by atoms with Crippen molar-refractivity contribution in [3.05, 3.63) is 66.7 Å². The van der Waals surface area contributed by atoms with E-state index in [2.05, 4.69) is 29.6 Å². The number of aliphatic hydroxyl groups excluding tert-OH is 1. The summed E-state index contributed by atoms with van der Waals surface area (Å²) in [5, 5.41) is 11.9. The summed E-state index contributed by atoms with van der Waals surface area (Å²) in [7, 11) is 0. The molecule has 0 fully saturated rings. The number of anilines is 1. The molecular weight excluding hydrogens is 222 g/mol. The van der Waals surface area contributed by atoms with Crippen molar-refractivity contribution in [2.45, 2.75) is 0 Å². The van der Waals surface area contributed by atoms with Crippen LogP contribution < -0.4 is 5.32 Å². The molecule has 2 aromatic carbocycles. The first-order chi connectivity index (χ1) is 8.90. The second kappa shape index (κ2) is 6.62. The van der Waals surface area contributed by atoms with E-state index in [0.717, 1.165) is 12.2 Å². The molecule has 2 heteroatoms. The van der Waals surface area contributed by atoms with Gasteiger partial charge in [-0.2, -0.15) is 0 Å². The van der Waals surface area contributed by atoms with Crippen molar-refractivity contribution >= 4 is 5.69 Å². The van der Waals surface area contributed by atoms with Crippen LogP contribution >= 0.6 is 0 Å². The zero-order chi connectivity index (χ0) is 12.6. The van der Waals surface area contributed by atoms with E-state index >= 15 is 0 Å². The van der Waals surface area contributed by atoms with Crippen LogP contribution in [-0.4, -0.2) is 18.3 Å². The van der Waals surface area contributed by atoms with Crippen LogP contribution in [-0.2, 0) is 0 Å². The summed E-state index contributed by atoms with van der Waals surface area (Å²) in [5.41, 5.74) is 3.50. The summed E-state index contributed by atoms with van der Waals surface area (Å²) in [6, 6.07) is 18.6. The van der Waals surface area contributed by atoms with Crippen molar-refractivity contribution in [2.24, 2.45) is 0 Å². The molecule has 0 aliphatic carbocycles. The molecule has 18 heavy (non-hydrogen) atoms. The lowest BCUT2D eigenvalue weighted by Crippen LogP contribution is -1.98. The first-order valence-corrected chi connectivity index (χ1v) is 6.05. The van der Waals surface area contributed by atoms with E-state index in [1.807, 2.05) is 36.4 Å². The highest BCUT2D eigenvalue weighted by molar-refractivity contribution is 5.67. The fourth-order valence-corrected chi connectivity index (χ4v) is 1.77. The predicted octanol–water partition coefficient (Wildman–Crippen LogP) is 3.31. The van der Waals surface area contributed by atoms with Gasteiger partial charge in [0.15, 0.2) is 0 Å². The van der Waals surface area contributed by atoms with Crippen molar-refractivity contribution in [3.63, 3.8) is 0 Å². The molecule has 0 amide bonds. The molecule has 92 valence electrons. The van der Waals surface area contributed by atoms with Gasteiger partial charge in [-0.25, -0.2) is 0 Å². The van der Waals surface area contributed by atoms with Gasteiger partial charge < -0.3 is 10.4 Å². The van der Waals surface area contributed by atoms with Gasteiger partial charge in [0.25, 0.3) is 0 Å². The molecule has 0 aromatic heterocycles. The van der Waals surface area contributed by atoms with Gasteiger partial charge in [-0.05, 0) is 23.3 Å². The van der Waals surface area contributed by atoms with Crippen molar-refractivity contribution in [3.8, 4) is 11.1 Å². The topological polar surface area (TPSA) is 32.3 Å². The van der Waals surface area contributed by atoms with E-state index in [0.29, 0.717) is 0 Å². The van der Waals surface area contributed by atoms with Crippen LogP contribution in [0.2, 0.25) is 0 Å². The van der Waals surface area contributed by atoms with E-state index in [9.17, 15) is 0 Å². The van der Waals surface area contributed by atoms with E-state index in [1.54, 1.807) is 6.08 Å². The second-order valence-electron chi connectivity index (χ2n) is 3.98. The fraction of sp³-hybridized carbons (Fsp3) is 0.125. The van der Waals surface area contributed by atoms with Gasteiger partial charge in [0.1, 0.15) is 0 Å². The van der Waals surface area contributed by atoms with Gasteiger partial charge in [0.05, 0.1) is 6.61 Å². The molecule has 0 saturated heterocycles. The largest absolute Gasteiger partial charge is 0.392 e. The highest BCUT2D eigenvalue weighted by Gasteiger charge is 1.97. The average molecular weight is 239 g/mol. The van der Waals surface area contributed by atoms with Crippen LogP contribution in [0, 0.1) is 0 Å². The fourth-order valence-electron chi connectivity index (χ4n) is 1.77. The monoisotopic (exact) mass is 239 g/mol. The first-order valence-electron chi connectivity index (χ1n) is 6.05. The molecule has 2 nitrogen and oxygen atoms in total. The van der Waals surface area contributed by atoms with Gasteiger partial charge in [-0.15, -0.1) is 0 Å². The predicted molar refractivity (Wildman–Crippen MR) is 76.6 cm³/mol. The maximum atomic E-state index is 8.64. The molecule has 0 radical (unpaired) electrons. The quantitative estimate of drug-likeness (QED) is 0.784. The summed E-state index contributed by atoms with van der Waals surface area (Å²) in [5.74, 6) is 0. The number of aliphatic hydroxyl groups is 1. The Morgan fingerprint density at radius 2 is 1.67 bits per heavy atom. The normalized spacial score (nSPS) is 10.7. The maximum absolute atomic E-state index is 8.64. The lowest BCUT2D eigenvalue weighted by atomic mass is 10.1. The van der Waals surface area contributed by atoms with Crippen LogP contribution in [0.15, 0.2) is 66.7 Å². The number of hydrogen-bond donors (Lipinski definition) is 2. The number of benzene rings is 2. The Kier molecular flexibility index (Phi) is 4.56. The molecule has 2 N–H and O–H groups in total. The Hall–Kier alpha value is -2.06. The third-order valence-corrected chi connectivity index (χ3v) is 2.67. The van der Waals surface area contributed by atoms with Gasteiger partial charge in [0, 0.05) is 12.2 Å². The Morgan fingerprint density at radius 3 is 2.44 bits per heavy atom. The van der Waals surface area contributed by atoms with E-state index in [4.69, 9.17) is 5.11 Å². The molecule has 0 aliphatic rings. The van der Waals surface area contributed by atoms with E-state index in [1.165, 1.54) is 11.1 Å². The zero-order valence-corrected chi connectivity index (χ0v) is 10.2. The summed E-state index contributed by atoms with van der Waals surface area (Å²) in [4.78, 5) is 0. The summed E-state index contributed by atoms with van der Waals surface area (Å²) >= 11 is 0. The standard InChI is InChI=1S/C16H17NO/c18-12-5-4-11-17-16-10-6-9-15(13-16)14-7-2-1-3-8-14/h1-10,13,17-18H,11-12H2. The molecule has 0 spiro atoms. The molecule has 2 aromatic rings. The Bertz CT molecular complexity index is 506. The van der Waals surface area contributed by atoms with Gasteiger partial charge in [-0.1, -0.05) is 54.6 Å². The summed E-state index contributed by atoms with van der Waals surface area (Å²) < 4.78 is 0. The van der Waals surface area contributed by atoms with Crippen molar-refractivity contribution in [1.82, 2.24) is 0 Å². The molecule has 0 bridgehead atoms. The average Bonchev–Trinajstić information content (AvgIpc) is 2.45. The van der Waals surface area contributed by atoms with Crippen LogP contribution in [0.5, 0.6) is 0 Å². The van der Waals surface area contributed by atoms with Crippen molar-refractivity contribution in [1.29, 1.82) is 0 Å². The minimum absolute atomic E-state index is 0.0890. The third-order valence-electron chi connectivity index (χ3n) is 2.67. The molecule has 0 aliphatic heterocycles. The summed E-state index contributed by atoms with van der Waals surface area (Å²) in [6.07, 6.45) is 3.64. The molecule has 0 saturated carbocycles. The molecule has 0 heterocycles. The third kappa shape index (κ3) is 3.47. The Balaban J connectivity index is 2.08. The zero-order valence-electron chi connectivity index (χ0n) is 10.2. The Labute approximate surface area is 108 Å². The molecule has 0 atom stereocenters. The smallest absolute Gasteiger partial charge is 0.0613 e. The summed E-state index contributed by atoms with van der Waals surface area (Å²) in [6.45, 7) is 0.810. The number of hydrogen-bond acceptors (Lipinski definition) is 2. The highest BCUT2D eigenvalue weighted by atomic mass is 16.2. The maximum Gasteiger partial charge on any atom is 0.0613 e. The number of rotatable bonds is 5. The van der Waals surface area contributed by atoms with E-state index < -0.39 is 0 Å². The molecule has 2 rings (SSSR count). The van der Waals surface area contributed by atoms with Crippen LogP contribution in [0.25, 0.3) is 11.1 Å². The van der Waals surface area contributed by atoms with Crippen LogP contribution in [0.4, 0.5) is 5.69 Å². The van der Waals surface area contributed by atoms with Crippen molar-refractivity contribution in [2.75, 3.05) is 18.5 Å². The molecular formula is C16H17NO. The van der Waals surface area contributed by atoms with Gasteiger partial charge in [0.2, 0.25) is 0 Å². The van der Waals surface area contributed by atoms with Gasteiger partial charge >= 0.3 is 0 Å². The van der Waals surface area contributed by atoms with Crippen molar-refractivity contribution < 1.29 is 5.11 Å². The lowest BCUT2D eigenvalue weighted by molar-refractivity contribution is 0.342. The van der Waals surface area contributed by atoms with Crippen LogP contribution in [0.1, 0.15) is 0 Å². The number of nitrogens with one attached hydrogen (secondary N) is 1. The SMILES string of the molecule is OCC=CCNc1cccc(-c2ccccc2)c1. The molecule has 0 unspecified atom stereocenters. The Morgan fingerprint density at radius 1 is 0.889 bits per heavy atom.